The maximum atomic E-state index is 9.04. The second-order valence-corrected chi connectivity index (χ2v) is 8.17. The van der Waals surface area contributed by atoms with Crippen molar-refractivity contribution in [2.45, 2.75) is 51.7 Å². The van der Waals surface area contributed by atoms with Gasteiger partial charge in [-0.2, -0.15) is 5.26 Å². The molecule has 6 heteroatoms. The van der Waals surface area contributed by atoms with Gasteiger partial charge >= 0.3 is 0 Å². The van der Waals surface area contributed by atoms with Crippen molar-refractivity contribution in [2.24, 2.45) is 0 Å². The fourth-order valence-corrected chi connectivity index (χ4v) is 3.24. The Labute approximate surface area is 167 Å². The van der Waals surface area contributed by atoms with E-state index in [9.17, 15) is 0 Å². The molecule has 0 N–H and O–H groups in total. The first-order valence-corrected chi connectivity index (χ1v) is 9.68. The maximum absolute atomic E-state index is 9.04. The van der Waals surface area contributed by atoms with E-state index in [1.165, 1.54) is 0 Å². The minimum absolute atomic E-state index is 0.119. The molecule has 28 heavy (non-hydrogen) atoms. The van der Waals surface area contributed by atoms with Crippen LogP contribution in [0.5, 0.6) is 5.75 Å². The molecule has 0 radical (unpaired) electrons. The average Bonchev–Trinajstić information content (AvgIpc) is 2.68. The lowest BCUT2D eigenvalue weighted by Gasteiger charge is -2.33. The highest BCUT2D eigenvalue weighted by atomic mass is 16.5. The second-order valence-electron chi connectivity index (χ2n) is 8.17. The van der Waals surface area contributed by atoms with Gasteiger partial charge in [0.2, 0.25) is 0 Å². The van der Waals surface area contributed by atoms with Gasteiger partial charge in [0, 0.05) is 44.5 Å². The van der Waals surface area contributed by atoms with Crippen LogP contribution >= 0.6 is 0 Å². The quantitative estimate of drug-likeness (QED) is 0.785. The summed E-state index contributed by atoms with van der Waals surface area (Å²) in [7, 11) is 1.68. The first-order chi connectivity index (χ1) is 13.4. The van der Waals surface area contributed by atoms with Gasteiger partial charge in [-0.05, 0) is 18.2 Å². The lowest BCUT2D eigenvalue weighted by atomic mass is 9.95. The van der Waals surface area contributed by atoms with Crippen LogP contribution in [-0.2, 0) is 16.8 Å². The highest BCUT2D eigenvalue weighted by Gasteiger charge is 2.25. The Morgan fingerprint density at radius 3 is 2.57 bits per heavy atom. The van der Waals surface area contributed by atoms with Crippen molar-refractivity contribution in [1.29, 1.82) is 5.26 Å². The van der Waals surface area contributed by atoms with E-state index in [1.54, 1.807) is 19.2 Å². The van der Waals surface area contributed by atoms with Crippen LogP contribution in [0.3, 0.4) is 0 Å². The predicted molar refractivity (Wildman–Crippen MR) is 108 cm³/mol. The van der Waals surface area contributed by atoms with E-state index >= 15 is 0 Å². The molecular formula is C22H28N4O2. The third kappa shape index (κ3) is 4.99. The van der Waals surface area contributed by atoms with E-state index in [4.69, 9.17) is 19.7 Å². The number of ether oxygens (including phenoxy) is 2. The van der Waals surface area contributed by atoms with Crippen LogP contribution in [0, 0.1) is 11.3 Å². The fourth-order valence-electron chi connectivity index (χ4n) is 3.24. The summed E-state index contributed by atoms with van der Waals surface area (Å²) in [6.45, 7) is 8.59. The SMILES string of the molecule is COCc1cc(N2CCC(Oc3cccc(C#N)c3)CC2)nc(C(C)(C)C)n1. The number of piperidine rings is 1. The molecule has 0 saturated carbocycles. The number of nitriles is 1. The van der Waals surface area contributed by atoms with Crippen LogP contribution < -0.4 is 9.64 Å². The van der Waals surface area contributed by atoms with E-state index < -0.39 is 0 Å². The molecule has 0 spiro atoms. The number of rotatable bonds is 5. The Morgan fingerprint density at radius 2 is 1.93 bits per heavy atom. The van der Waals surface area contributed by atoms with Gasteiger partial charge in [-0.15, -0.1) is 0 Å². The van der Waals surface area contributed by atoms with E-state index in [0.29, 0.717) is 12.2 Å². The van der Waals surface area contributed by atoms with Gasteiger partial charge in [-0.3, -0.25) is 0 Å². The minimum atomic E-state index is -0.119. The Kier molecular flexibility index (Phi) is 6.15. The minimum Gasteiger partial charge on any atom is -0.490 e. The first kappa shape index (κ1) is 20.1. The number of nitrogens with zero attached hydrogens (tertiary/aromatic N) is 4. The smallest absolute Gasteiger partial charge is 0.136 e. The number of aromatic nitrogens is 2. The van der Waals surface area contributed by atoms with Crippen LogP contribution in [-0.4, -0.2) is 36.3 Å². The van der Waals surface area contributed by atoms with E-state index in [2.05, 4.69) is 36.7 Å². The molecule has 1 fully saturated rings. The molecule has 1 aromatic carbocycles. The molecule has 1 saturated heterocycles. The molecule has 0 aliphatic carbocycles. The summed E-state index contributed by atoms with van der Waals surface area (Å²) < 4.78 is 11.4. The van der Waals surface area contributed by atoms with Crippen LogP contribution in [0.15, 0.2) is 30.3 Å². The number of anilines is 1. The largest absolute Gasteiger partial charge is 0.490 e. The molecule has 1 aliphatic rings. The summed E-state index contributed by atoms with van der Waals surface area (Å²) in [6, 6.07) is 11.5. The number of benzene rings is 1. The molecule has 2 aromatic rings. The zero-order chi connectivity index (χ0) is 20.1. The number of hydrogen-bond acceptors (Lipinski definition) is 6. The molecule has 0 bridgehead atoms. The summed E-state index contributed by atoms with van der Waals surface area (Å²) in [4.78, 5) is 11.8. The zero-order valence-electron chi connectivity index (χ0n) is 17.1. The van der Waals surface area contributed by atoms with Crippen molar-refractivity contribution < 1.29 is 9.47 Å². The van der Waals surface area contributed by atoms with Crippen LogP contribution in [0.1, 0.15) is 50.7 Å². The van der Waals surface area contributed by atoms with Gasteiger partial charge in [0.15, 0.2) is 0 Å². The summed E-state index contributed by atoms with van der Waals surface area (Å²) in [5.41, 5.74) is 1.41. The molecule has 0 atom stereocenters. The topological polar surface area (TPSA) is 71.3 Å². The summed E-state index contributed by atoms with van der Waals surface area (Å²) >= 11 is 0. The Hall–Kier alpha value is -2.65. The molecule has 0 unspecified atom stereocenters. The van der Waals surface area contributed by atoms with Crippen molar-refractivity contribution in [3.8, 4) is 11.8 Å². The van der Waals surface area contributed by atoms with Gasteiger partial charge in [0.05, 0.1) is 23.9 Å². The molecule has 1 aliphatic heterocycles. The lowest BCUT2D eigenvalue weighted by molar-refractivity contribution is 0.170. The summed E-state index contributed by atoms with van der Waals surface area (Å²) in [6.07, 6.45) is 1.96. The van der Waals surface area contributed by atoms with Gasteiger partial charge in [-0.25, -0.2) is 9.97 Å². The molecule has 2 heterocycles. The average molecular weight is 380 g/mol. The van der Waals surface area contributed by atoms with Gasteiger partial charge in [-0.1, -0.05) is 26.8 Å². The monoisotopic (exact) mass is 380 g/mol. The van der Waals surface area contributed by atoms with E-state index in [1.807, 2.05) is 18.2 Å². The molecular weight excluding hydrogens is 352 g/mol. The normalized spacial score (nSPS) is 15.3. The number of methoxy groups -OCH3 is 1. The van der Waals surface area contributed by atoms with Crippen molar-refractivity contribution in [3.05, 3.63) is 47.4 Å². The molecule has 1 aromatic heterocycles. The van der Waals surface area contributed by atoms with Crippen molar-refractivity contribution in [3.63, 3.8) is 0 Å². The van der Waals surface area contributed by atoms with Gasteiger partial charge < -0.3 is 14.4 Å². The number of hydrogen-bond donors (Lipinski definition) is 0. The van der Waals surface area contributed by atoms with Crippen LogP contribution in [0.4, 0.5) is 5.82 Å². The Balaban J connectivity index is 1.68. The summed E-state index contributed by atoms with van der Waals surface area (Å²) in [5, 5.41) is 9.04. The third-order valence-electron chi connectivity index (χ3n) is 4.76. The molecule has 0 amide bonds. The van der Waals surface area contributed by atoms with Crippen molar-refractivity contribution >= 4 is 5.82 Å². The predicted octanol–water partition coefficient (Wildman–Crippen LogP) is 3.84. The van der Waals surface area contributed by atoms with Gasteiger partial charge in [0.1, 0.15) is 23.5 Å². The zero-order valence-corrected chi connectivity index (χ0v) is 17.1. The Bertz CT molecular complexity index is 846. The molecule has 148 valence electrons. The van der Waals surface area contributed by atoms with Crippen molar-refractivity contribution in [1.82, 2.24) is 9.97 Å². The first-order valence-electron chi connectivity index (χ1n) is 9.68. The summed E-state index contributed by atoms with van der Waals surface area (Å²) in [5.74, 6) is 2.55. The highest BCUT2D eigenvalue weighted by molar-refractivity contribution is 5.41. The van der Waals surface area contributed by atoms with E-state index in [-0.39, 0.29) is 11.5 Å². The Morgan fingerprint density at radius 1 is 1.18 bits per heavy atom. The second kappa shape index (κ2) is 8.57. The van der Waals surface area contributed by atoms with Crippen LogP contribution in [0.2, 0.25) is 0 Å². The standard InChI is InChI=1S/C22H28N4O2/c1-22(2,3)21-24-17(15-27-4)13-20(25-21)26-10-8-18(9-11-26)28-19-7-5-6-16(12-19)14-23/h5-7,12-13,18H,8-11,15H2,1-4H3. The molecule has 3 rings (SSSR count). The molecule has 6 nitrogen and oxygen atoms in total. The van der Waals surface area contributed by atoms with Gasteiger partial charge in [0.25, 0.3) is 0 Å². The van der Waals surface area contributed by atoms with Crippen molar-refractivity contribution in [2.75, 3.05) is 25.1 Å². The van der Waals surface area contributed by atoms with E-state index in [0.717, 1.165) is 49.0 Å². The third-order valence-corrected chi connectivity index (χ3v) is 4.76. The van der Waals surface area contributed by atoms with Crippen LogP contribution in [0.25, 0.3) is 0 Å². The lowest BCUT2D eigenvalue weighted by Crippen LogP contribution is -2.39. The fraction of sp³-hybridized carbons (Fsp3) is 0.500. The maximum Gasteiger partial charge on any atom is 0.136 e. The highest BCUT2D eigenvalue weighted by Crippen LogP contribution is 2.26.